The van der Waals surface area contributed by atoms with Crippen molar-refractivity contribution in [3.8, 4) is 11.5 Å². The van der Waals surface area contributed by atoms with E-state index in [1.54, 1.807) is 24.3 Å². The Kier molecular flexibility index (Phi) is 4.74. The SMILES string of the molecule is COc1cccc(Br)c1OCC(=O)c1cccc(F)c1. The number of hydrogen-bond acceptors (Lipinski definition) is 3. The van der Waals surface area contributed by atoms with Crippen molar-refractivity contribution >= 4 is 21.7 Å². The maximum Gasteiger partial charge on any atom is 0.200 e. The van der Waals surface area contributed by atoms with Gasteiger partial charge in [0.1, 0.15) is 5.82 Å². The predicted octanol–water partition coefficient (Wildman–Crippen LogP) is 3.86. The van der Waals surface area contributed by atoms with E-state index in [2.05, 4.69) is 15.9 Å². The summed E-state index contributed by atoms with van der Waals surface area (Å²) >= 11 is 3.33. The van der Waals surface area contributed by atoms with Gasteiger partial charge >= 0.3 is 0 Å². The van der Waals surface area contributed by atoms with E-state index in [1.165, 1.54) is 25.3 Å². The van der Waals surface area contributed by atoms with Crippen LogP contribution in [-0.2, 0) is 0 Å². The molecule has 0 heterocycles. The third-order valence-corrected chi connectivity index (χ3v) is 3.27. The predicted molar refractivity (Wildman–Crippen MR) is 76.9 cm³/mol. The lowest BCUT2D eigenvalue weighted by Gasteiger charge is -2.11. The van der Waals surface area contributed by atoms with Gasteiger partial charge in [-0.15, -0.1) is 0 Å². The lowest BCUT2D eigenvalue weighted by molar-refractivity contribution is 0.0918. The fourth-order valence-electron chi connectivity index (χ4n) is 1.67. The van der Waals surface area contributed by atoms with Crippen LogP contribution in [0.4, 0.5) is 4.39 Å². The van der Waals surface area contributed by atoms with E-state index in [-0.39, 0.29) is 18.0 Å². The molecule has 20 heavy (non-hydrogen) atoms. The van der Waals surface area contributed by atoms with Crippen molar-refractivity contribution in [3.05, 3.63) is 58.3 Å². The van der Waals surface area contributed by atoms with Gasteiger partial charge in [0.2, 0.25) is 0 Å². The van der Waals surface area contributed by atoms with Crippen LogP contribution in [0.3, 0.4) is 0 Å². The minimum absolute atomic E-state index is 0.192. The lowest BCUT2D eigenvalue weighted by atomic mass is 10.1. The largest absolute Gasteiger partial charge is 0.493 e. The number of halogens is 2. The Morgan fingerprint density at radius 3 is 2.70 bits per heavy atom. The van der Waals surface area contributed by atoms with Crippen molar-refractivity contribution in [2.45, 2.75) is 0 Å². The first-order chi connectivity index (χ1) is 9.61. The first-order valence-corrected chi connectivity index (χ1v) is 6.65. The maximum absolute atomic E-state index is 13.1. The highest BCUT2D eigenvalue weighted by molar-refractivity contribution is 9.10. The van der Waals surface area contributed by atoms with Crippen LogP contribution in [0.1, 0.15) is 10.4 Å². The lowest BCUT2D eigenvalue weighted by Crippen LogP contribution is -2.12. The fourth-order valence-corrected chi connectivity index (χ4v) is 2.14. The van der Waals surface area contributed by atoms with E-state index in [9.17, 15) is 9.18 Å². The van der Waals surface area contributed by atoms with Crippen LogP contribution in [0.15, 0.2) is 46.9 Å². The van der Waals surface area contributed by atoms with Gasteiger partial charge in [0, 0.05) is 5.56 Å². The number of Topliss-reactive ketones (excluding diaryl/α,β-unsaturated/α-hetero) is 1. The molecule has 2 aromatic carbocycles. The third kappa shape index (κ3) is 3.36. The first kappa shape index (κ1) is 14.5. The van der Waals surface area contributed by atoms with Crippen molar-refractivity contribution < 1.29 is 18.7 Å². The van der Waals surface area contributed by atoms with Crippen molar-refractivity contribution in [1.29, 1.82) is 0 Å². The highest BCUT2D eigenvalue weighted by Gasteiger charge is 2.12. The molecule has 0 bridgehead atoms. The summed E-state index contributed by atoms with van der Waals surface area (Å²) in [4.78, 5) is 11.9. The van der Waals surface area contributed by atoms with E-state index in [1.807, 2.05) is 0 Å². The molecule has 0 spiro atoms. The van der Waals surface area contributed by atoms with Crippen LogP contribution in [0.2, 0.25) is 0 Å². The van der Waals surface area contributed by atoms with Crippen LogP contribution in [0, 0.1) is 5.82 Å². The molecule has 2 rings (SSSR count). The molecule has 0 saturated heterocycles. The van der Waals surface area contributed by atoms with Crippen molar-refractivity contribution in [1.82, 2.24) is 0 Å². The molecule has 0 amide bonds. The van der Waals surface area contributed by atoms with Crippen LogP contribution < -0.4 is 9.47 Å². The Labute approximate surface area is 124 Å². The fraction of sp³-hybridized carbons (Fsp3) is 0.133. The summed E-state index contributed by atoms with van der Waals surface area (Å²) in [6.45, 7) is -0.192. The summed E-state index contributed by atoms with van der Waals surface area (Å²) in [5, 5.41) is 0. The molecule has 0 atom stereocenters. The van der Waals surface area contributed by atoms with Gasteiger partial charge in [-0.1, -0.05) is 18.2 Å². The number of hydrogen-bond donors (Lipinski definition) is 0. The zero-order chi connectivity index (χ0) is 14.5. The first-order valence-electron chi connectivity index (χ1n) is 5.86. The van der Waals surface area contributed by atoms with Gasteiger partial charge in [0.25, 0.3) is 0 Å². The zero-order valence-electron chi connectivity index (χ0n) is 10.7. The minimum Gasteiger partial charge on any atom is -0.493 e. The van der Waals surface area contributed by atoms with E-state index >= 15 is 0 Å². The molecule has 104 valence electrons. The third-order valence-electron chi connectivity index (χ3n) is 2.64. The van der Waals surface area contributed by atoms with Gasteiger partial charge in [0.05, 0.1) is 11.6 Å². The van der Waals surface area contributed by atoms with Crippen LogP contribution in [0.25, 0.3) is 0 Å². The molecule has 2 aromatic rings. The Balaban J connectivity index is 2.11. The molecule has 5 heteroatoms. The van der Waals surface area contributed by atoms with E-state index < -0.39 is 5.82 Å². The Morgan fingerprint density at radius 2 is 2.00 bits per heavy atom. The molecule has 0 unspecified atom stereocenters. The van der Waals surface area contributed by atoms with Crippen LogP contribution >= 0.6 is 15.9 Å². The highest BCUT2D eigenvalue weighted by Crippen LogP contribution is 2.34. The number of rotatable bonds is 5. The van der Waals surface area contributed by atoms with Crippen LogP contribution in [-0.4, -0.2) is 19.5 Å². The highest BCUT2D eigenvalue weighted by atomic mass is 79.9. The molecule has 0 fully saturated rings. The van der Waals surface area contributed by atoms with Gasteiger partial charge in [-0.25, -0.2) is 4.39 Å². The van der Waals surface area contributed by atoms with E-state index in [4.69, 9.17) is 9.47 Å². The minimum atomic E-state index is -0.450. The monoisotopic (exact) mass is 338 g/mol. The normalized spacial score (nSPS) is 10.2. The molecule has 0 saturated carbocycles. The molecule has 0 N–H and O–H groups in total. The number of ketones is 1. The topological polar surface area (TPSA) is 35.5 Å². The molecular formula is C15H12BrFO3. The summed E-state index contributed by atoms with van der Waals surface area (Å²) in [7, 11) is 1.52. The summed E-state index contributed by atoms with van der Waals surface area (Å²) < 4.78 is 24.4. The second-order valence-electron chi connectivity index (χ2n) is 3.99. The number of carbonyl (C=O) groups excluding carboxylic acids is 1. The van der Waals surface area contributed by atoms with Crippen molar-refractivity contribution in [2.75, 3.05) is 13.7 Å². The second-order valence-corrected chi connectivity index (χ2v) is 4.85. The quantitative estimate of drug-likeness (QED) is 0.776. The Hall–Kier alpha value is -1.88. The van der Waals surface area contributed by atoms with Crippen LogP contribution in [0.5, 0.6) is 11.5 Å². The number of methoxy groups -OCH3 is 1. The molecule has 0 aliphatic rings. The molecule has 0 radical (unpaired) electrons. The average Bonchev–Trinajstić information content (AvgIpc) is 2.45. The Bertz CT molecular complexity index is 628. The second kappa shape index (κ2) is 6.52. The zero-order valence-corrected chi connectivity index (χ0v) is 12.3. The average molecular weight is 339 g/mol. The van der Waals surface area contributed by atoms with Gasteiger partial charge in [-0.3, -0.25) is 4.79 Å². The summed E-state index contributed by atoms with van der Waals surface area (Å²) in [6.07, 6.45) is 0. The van der Waals surface area contributed by atoms with Gasteiger partial charge in [-0.05, 0) is 40.2 Å². The van der Waals surface area contributed by atoms with E-state index in [0.717, 1.165) is 0 Å². The number of ether oxygens (including phenoxy) is 2. The number of carbonyl (C=O) groups is 1. The number of benzene rings is 2. The summed E-state index contributed by atoms with van der Waals surface area (Å²) in [5.74, 6) is 0.211. The van der Waals surface area contributed by atoms with E-state index in [0.29, 0.717) is 16.0 Å². The molecule has 0 aliphatic carbocycles. The molecule has 3 nitrogen and oxygen atoms in total. The standard InChI is InChI=1S/C15H12BrFO3/c1-19-14-7-3-6-12(16)15(14)20-9-13(18)10-4-2-5-11(17)8-10/h2-8H,9H2,1H3. The van der Waals surface area contributed by atoms with Crippen molar-refractivity contribution in [2.24, 2.45) is 0 Å². The Morgan fingerprint density at radius 1 is 1.25 bits per heavy atom. The smallest absolute Gasteiger partial charge is 0.200 e. The molecular weight excluding hydrogens is 327 g/mol. The summed E-state index contributed by atoms with van der Waals surface area (Å²) in [5.41, 5.74) is 0.274. The van der Waals surface area contributed by atoms with Gasteiger partial charge in [0.15, 0.2) is 23.9 Å². The molecule has 0 aliphatic heterocycles. The molecule has 0 aromatic heterocycles. The van der Waals surface area contributed by atoms with Gasteiger partial charge < -0.3 is 9.47 Å². The van der Waals surface area contributed by atoms with Gasteiger partial charge in [-0.2, -0.15) is 0 Å². The van der Waals surface area contributed by atoms with Crippen molar-refractivity contribution in [3.63, 3.8) is 0 Å². The number of para-hydroxylation sites is 1. The summed E-state index contributed by atoms with van der Waals surface area (Å²) in [6, 6.07) is 10.8. The maximum atomic E-state index is 13.1.